The highest BCUT2D eigenvalue weighted by atomic mass is 127. The monoisotopic (exact) mass is 396 g/mol. The molecule has 5 nitrogen and oxygen atoms in total. The van der Waals surface area contributed by atoms with E-state index in [9.17, 15) is 9.59 Å². The van der Waals surface area contributed by atoms with Crippen molar-refractivity contribution in [1.29, 1.82) is 0 Å². The third kappa shape index (κ3) is 3.82. The average Bonchev–Trinajstić information content (AvgIpc) is 2.34. The van der Waals surface area contributed by atoms with Crippen LogP contribution in [0.2, 0.25) is 0 Å². The highest BCUT2D eigenvalue weighted by molar-refractivity contribution is 14.1. The van der Waals surface area contributed by atoms with E-state index in [1.807, 2.05) is 0 Å². The minimum atomic E-state index is -1.09. The van der Waals surface area contributed by atoms with Crippen LogP contribution in [0.5, 0.6) is 0 Å². The van der Waals surface area contributed by atoms with Gasteiger partial charge in [-0.3, -0.25) is 10.2 Å². The van der Waals surface area contributed by atoms with Gasteiger partial charge in [0.25, 0.3) is 5.91 Å². The SMILES string of the molecule is O=C(O)c1ccccc1NN(C(=O)CS)C(=S)I. The molecule has 0 heterocycles. The molecule has 0 aromatic heterocycles. The first-order valence-electron chi connectivity index (χ1n) is 4.69. The van der Waals surface area contributed by atoms with E-state index in [-0.39, 0.29) is 20.2 Å². The Morgan fingerprint density at radius 2 is 2.06 bits per heavy atom. The molecular weight excluding hydrogens is 387 g/mol. The highest BCUT2D eigenvalue weighted by Gasteiger charge is 2.18. The van der Waals surface area contributed by atoms with Gasteiger partial charge < -0.3 is 5.11 Å². The van der Waals surface area contributed by atoms with Gasteiger partial charge in [0.05, 0.1) is 17.0 Å². The molecule has 1 rings (SSSR count). The molecule has 0 aliphatic carbocycles. The minimum absolute atomic E-state index is 0.0363. The molecular formula is C10H9IN2O3S2. The summed E-state index contributed by atoms with van der Waals surface area (Å²) in [6.45, 7) is 0. The first-order chi connectivity index (χ1) is 8.47. The van der Waals surface area contributed by atoms with E-state index in [1.165, 1.54) is 6.07 Å². The number of carboxylic acids is 1. The summed E-state index contributed by atoms with van der Waals surface area (Å²) >= 11 is 10.6. The smallest absolute Gasteiger partial charge is 0.337 e. The molecule has 0 unspecified atom stereocenters. The van der Waals surface area contributed by atoms with Crippen LogP contribution in [0.3, 0.4) is 0 Å². The van der Waals surface area contributed by atoms with Crippen LogP contribution in [0.1, 0.15) is 10.4 Å². The molecule has 18 heavy (non-hydrogen) atoms. The number of carboxylic acid groups (broad SMARTS) is 1. The van der Waals surface area contributed by atoms with Crippen molar-refractivity contribution in [3.63, 3.8) is 0 Å². The van der Waals surface area contributed by atoms with Crippen molar-refractivity contribution in [2.75, 3.05) is 11.2 Å². The molecule has 2 N–H and O–H groups in total. The zero-order valence-corrected chi connectivity index (χ0v) is 12.8. The Kier molecular flexibility index (Phi) is 5.82. The van der Waals surface area contributed by atoms with Crippen LogP contribution >= 0.6 is 47.4 Å². The van der Waals surface area contributed by atoms with Crippen molar-refractivity contribution in [2.24, 2.45) is 0 Å². The molecule has 0 saturated heterocycles. The van der Waals surface area contributed by atoms with Crippen molar-refractivity contribution >= 4 is 68.0 Å². The number of thiocarbonyl (C=S) groups is 1. The molecule has 0 bridgehead atoms. The second kappa shape index (κ2) is 6.90. The van der Waals surface area contributed by atoms with Crippen LogP contribution in [0.4, 0.5) is 5.69 Å². The second-order valence-corrected chi connectivity index (χ2v) is 5.56. The van der Waals surface area contributed by atoms with Crippen molar-refractivity contribution < 1.29 is 14.7 Å². The van der Waals surface area contributed by atoms with Gasteiger partial charge in [-0.2, -0.15) is 12.6 Å². The lowest BCUT2D eigenvalue weighted by Crippen LogP contribution is -2.39. The fourth-order valence-electron chi connectivity index (χ4n) is 1.16. The van der Waals surface area contributed by atoms with Crippen LogP contribution in [0.15, 0.2) is 24.3 Å². The van der Waals surface area contributed by atoms with Crippen molar-refractivity contribution in [1.82, 2.24) is 5.01 Å². The molecule has 0 fully saturated rings. The lowest BCUT2D eigenvalue weighted by atomic mass is 10.2. The van der Waals surface area contributed by atoms with E-state index in [0.29, 0.717) is 5.69 Å². The number of amides is 1. The molecule has 1 amide bonds. The van der Waals surface area contributed by atoms with Gasteiger partial charge in [0.2, 0.25) is 0 Å². The maximum atomic E-state index is 11.6. The topological polar surface area (TPSA) is 69.6 Å². The Labute approximate surface area is 128 Å². The maximum Gasteiger partial charge on any atom is 0.337 e. The summed E-state index contributed by atoms with van der Waals surface area (Å²) in [6, 6.07) is 6.25. The van der Waals surface area contributed by atoms with Gasteiger partial charge in [0.1, 0.15) is 0 Å². The van der Waals surface area contributed by atoms with Gasteiger partial charge in [-0.1, -0.05) is 24.4 Å². The zero-order chi connectivity index (χ0) is 13.7. The molecule has 8 heteroatoms. The quantitative estimate of drug-likeness (QED) is 0.182. The number of halogens is 1. The molecule has 1 aromatic rings. The number of carbonyl (C=O) groups is 2. The number of carbonyl (C=O) groups excluding carboxylic acids is 1. The highest BCUT2D eigenvalue weighted by Crippen LogP contribution is 2.17. The lowest BCUT2D eigenvalue weighted by Gasteiger charge is -2.22. The maximum absolute atomic E-state index is 11.6. The van der Waals surface area contributed by atoms with Gasteiger partial charge in [-0.05, 0) is 34.7 Å². The van der Waals surface area contributed by atoms with Gasteiger partial charge >= 0.3 is 5.97 Å². The number of para-hydroxylation sites is 1. The molecule has 0 saturated carbocycles. The lowest BCUT2D eigenvalue weighted by molar-refractivity contribution is -0.123. The van der Waals surface area contributed by atoms with Crippen LogP contribution in [0.25, 0.3) is 0 Å². The number of thiol groups is 1. The Morgan fingerprint density at radius 3 is 2.56 bits per heavy atom. The van der Waals surface area contributed by atoms with E-state index < -0.39 is 5.97 Å². The van der Waals surface area contributed by atoms with Gasteiger partial charge in [0.15, 0.2) is 3.00 Å². The summed E-state index contributed by atoms with van der Waals surface area (Å²) in [5, 5.41) is 10.1. The number of hydrogen-bond acceptors (Lipinski definition) is 5. The third-order valence-electron chi connectivity index (χ3n) is 1.95. The van der Waals surface area contributed by atoms with Crippen molar-refractivity contribution in [3.8, 4) is 0 Å². The van der Waals surface area contributed by atoms with Crippen LogP contribution < -0.4 is 5.43 Å². The van der Waals surface area contributed by atoms with Crippen LogP contribution in [-0.2, 0) is 4.79 Å². The van der Waals surface area contributed by atoms with Crippen LogP contribution in [0, 0.1) is 0 Å². The molecule has 0 radical (unpaired) electrons. The second-order valence-electron chi connectivity index (χ2n) is 3.10. The van der Waals surface area contributed by atoms with Gasteiger partial charge in [-0.15, -0.1) is 0 Å². The van der Waals surface area contributed by atoms with E-state index in [2.05, 4.69) is 18.1 Å². The fourth-order valence-corrected chi connectivity index (χ4v) is 1.84. The number of anilines is 1. The van der Waals surface area contributed by atoms with E-state index in [0.717, 1.165) is 5.01 Å². The summed E-state index contributed by atoms with van der Waals surface area (Å²) < 4.78 is 0.256. The Hall–Kier alpha value is -0.870. The van der Waals surface area contributed by atoms with Crippen molar-refractivity contribution in [3.05, 3.63) is 29.8 Å². The summed E-state index contributed by atoms with van der Waals surface area (Å²) in [7, 11) is 0. The molecule has 0 aliphatic heterocycles. The van der Waals surface area contributed by atoms with Crippen LogP contribution in [-0.4, -0.2) is 30.7 Å². The Morgan fingerprint density at radius 1 is 1.44 bits per heavy atom. The van der Waals surface area contributed by atoms with E-state index in [1.54, 1.807) is 40.8 Å². The first kappa shape index (κ1) is 15.2. The summed E-state index contributed by atoms with van der Waals surface area (Å²) in [5.74, 6) is -1.49. The average molecular weight is 396 g/mol. The molecule has 0 spiro atoms. The predicted molar refractivity (Wildman–Crippen MR) is 84.3 cm³/mol. The Bertz CT molecular complexity index is 496. The molecule has 1 aromatic carbocycles. The van der Waals surface area contributed by atoms with E-state index >= 15 is 0 Å². The summed E-state index contributed by atoms with van der Waals surface area (Å²) in [6.07, 6.45) is 0. The number of hydrazine groups is 1. The summed E-state index contributed by atoms with van der Waals surface area (Å²) in [4.78, 5) is 22.6. The van der Waals surface area contributed by atoms with Gasteiger partial charge in [-0.25, -0.2) is 9.80 Å². The zero-order valence-electron chi connectivity index (χ0n) is 8.96. The number of nitrogens with zero attached hydrogens (tertiary/aromatic N) is 1. The van der Waals surface area contributed by atoms with E-state index in [4.69, 9.17) is 17.3 Å². The molecule has 0 aliphatic rings. The number of rotatable bonds is 4. The fraction of sp³-hybridized carbons (Fsp3) is 0.100. The number of aromatic carboxylic acids is 1. The standard InChI is InChI=1S/C10H9IN2O3S2/c11-10(18)13(8(14)5-17)12-7-4-2-1-3-6(7)9(15)16/h1-4,12,17H,5H2,(H,15,16). The normalized spacial score (nSPS) is 9.67. The largest absolute Gasteiger partial charge is 0.478 e. The van der Waals surface area contributed by atoms with Crippen molar-refractivity contribution in [2.45, 2.75) is 0 Å². The number of benzene rings is 1. The third-order valence-corrected chi connectivity index (χ3v) is 2.89. The van der Waals surface area contributed by atoms with Gasteiger partial charge in [0, 0.05) is 0 Å². The Balaban J connectivity index is 3.05. The molecule has 96 valence electrons. The predicted octanol–water partition coefficient (Wildman–Crippen LogP) is 2.19. The summed E-state index contributed by atoms with van der Waals surface area (Å²) in [5.41, 5.74) is 3.03. The molecule has 0 atom stereocenters. The minimum Gasteiger partial charge on any atom is -0.478 e. The first-order valence-corrected chi connectivity index (χ1v) is 6.81. The number of hydrogen-bond donors (Lipinski definition) is 3. The number of nitrogens with one attached hydrogen (secondary N) is 1.